The van der Waals surface area contributed by atoms with Crippen LogP contribution in [0, 0.1) is 6.92 Å². The number of thiazole rings is 1. The van der Waals surface area contributed by atoms with Gasteiger partial charge in [0.05, 0.1) is 0 Å². The van der Waals surface area contributed by atoms with Gasteiger partial charge in [0.15, 0.2) is 0 Å². The number of hydrogen-bond donors (Lipinski definition) is 1. The van der Waals surface area contributed by atoms with Gasteiger partial charge >= 0.3 is 0 Å². The predicted octanol–water partition coefficient (Wildman–Crippen LogP) is 1.49. The lowest BCUT2D eigenvalue weighted by Crippen LogP contribution is -2.15. The molecule has 0 saturated heterocycles. The van der Waals surface area contributed by atoms with Crippen molar-refractivity contribution in [2.24, 2.45) is 5.73 Å². The summed E-state index contributed by atoms with van der Waals surface area (Å²) < 4.78 is 5.41. The Bertz CT molecular complexity index is 237. The third kappa shape index (κ3) is 2.27. The summed E-state index contributed by atoms with van der Waals surface area (Å²) in [7, 11) is 0. The summed E-state index contributed by atoms with van der Waals surface area (Å²) in [4.78, 5) is 5.42. The van der Waals surface area contributed by atoms with Crippen LogP contribution in [-0.4, -0.2) is 18.1 Å². The van der Waals surface area contributed by atoms with Crippen LogP contribution in [0.3, 0.4) is 0 Å². The molecule has 0 spiro atoms. The molecule has 1 heterocycles. The van der Waals surface area contributed by atoms with Gasteiger partial charge in [-0.05, 0) is 13.8 Å². The molecule has 0 bridgehead atoms. The van der Waals surface area contributed by atoms with Crippen molar-refractivity contribution < 1.29 is 4.74 Å². The summed E-state index contributed by atoms with van der Waals surface area (Å²) in [5.74, 6) is 0. The van der Waals surface area contributed by atoms with Gasteiger partial charge in [0.25, 0.3) is 0 Å². The van der Waals surface area contributed by atoms with E-state index in [1.165, 1.54) is 4.88 Å². The summed E-state index contributed by atoms with van der Waals surface area (Å²) in [5.41, 5.74) is 5.54. The first-order chi connectivity index (χ1) is 5.77. The maximum absolute atomic E-state index is 5.54. The molecule has 0 aliphatic carbocycles. The highest BCUT2D eigenvalue weighted by molar-refractivity contribution is 7.11. The predicted molar refractivity (Wildman–Crippen MR) is 50.3 cm³/mol. The maximum atomic E-state index is 5.54. The second-order valence-corrected chi connectivity index (χ2v) is 3.76. The fourth-order valence-electron chi connectivity index (χ4n) is 0.962. The third-order valence-electron chi connectivity index (χ3n) is 1.50. The summed E-state index contributed by atoms with van der Waals surface area (Å²) in [6, 6.07) is 0. The van der Waals surface area contributed by atoms with Gasteiger partial charge in [0.2, 0.25) is 0 Å². The molecule has 0 aliphatic rings. The molecule has 1 rings (SSSR count). The third-order valence-corrected chi connectivity index (χ3v) is 2.50. The van der Waals surface area contributed by atoms with Gasteiger partial charge in [-0.25, -0.2) is 4.98 Å². The Morgan fingerprint density at radius 3 is 2.92 bits per heavy atom. The lowest BCUT2D eigenvalue weighted by molar-refractivity contribution is 0.0686. The Balaban J connectivity index is 2.66. The van der Waals surface area contributed by atoms with Crippen molar-refractivity contribution >= 4 is 11.3 Å². The molecule has 0 aromatic carbocycles. The monoisotopic (exact) mass is 186 g/mol. The molecule has 3 nitrogen and oxygen atoms in total. The number of rotatable bonds is 4. The Hall–Kier alpha value is -0.450. The Morgan fingerprint density at radius 1 is 1.75 bits per heavy atom. The van der Waals surface area contributed by atoms with E-state index in [1.54, 1.807) is 11.3 Å². The molecular formula is C8H14N2OS. The zero-order valence-corrected chi connectivity index (χ0v) is 8.23. The molecule has 4 heteroatoms. The van der Waals surface area contributed by atoms with Crippen LogP contribution in [0.25, 0.3) is 0 Å². The minimum absolute atomic E-state index is 0.0197. The summed E-state index contributed by atoms with van der Waals surface area (Å²) >= 11 is 1.64. The zero-order chi connectivity index (χ0) is 8.97. The lowest BCUT2D eigenvalue weighted by Gasteiger charge is -2.10. The van der Waals surface area contributed by atoms with Crippen molar-refractivity contribution in [2.75, 3.05) is 13.2 Å². The SMILES string of the molecule is CCOC(CN)c1ncc(C)s1. The molecular weight excluding hydrogens is 172 g/mol. The lowest BCUT2D eigenvalue weighted by atomic mass is 10.4. The fraction of sp³-hybridized carbons (Fsp3) is 0.625. The van der Waals surface area contributed by atoms with Crippen molar-refractivity contribution in [3.05, 3.63) is 16.1 Å². The second kappa shape index (κ2) is 4.54. The minimum Gasteiger partial charge on any atom is -0.370 e. The minimum atomic E-state index is -0.0197. The van der Waals surface area contributed by atoms with E-state index in [9.17, 15) is 0 Å². The van der Waals surface area contributed by atoms with E-state index in [0.717, 1.165) is 5.01 Å². The average molecular weight is 186 g/mol. The van der Waals surface area contributed by atoms with Gasteiger partial charge in [0, 0.05) is 24.2 Å². The van der Waals surface area contributed by atoms with Crippen LogP contribution in [0.15, 0.2) is 6.20 Å². The largest absolute Gasteiger partial charge is 0.370 e. The molecule has 1 atom stereocenters. The first-order valence-corrected chi connectivity index (χ1v) is 4.83. The van der Waals surface area contributed by atoms with Crippen molar-refractivity contribution in [1.82, 2.24) is 4.98 Å². The van der Waals surface area contributed by atoms with Gasteiger partial charge in [-0.2, -0.15) is 0 Å². The Morgan fingerprint density at radius 2 is 2.50 bits per heavy atom. The van der Waals surface area contributed by atoms with Crippen LogP contribution in [0.2, 0.25) is 0 Å². The maximum Gasteiger partial charge on any atom is 0.123 e. The molecule has 12 heavy (non-hydrogen) atoms. The topological polar surface area (TPSA) is 48.1 Å². The quantitative estimate of drug-likeness (QED) is 0.775. The van der Waals surface area contributed by atoms with E-state index in [0.29, 0.717) is 13.2 Å². The molecule has 2 N–H and O–H groups in total. The number of nitrogens with two attached hydrogens (primary N) is 1. The number of aromatic nitrogens is 1. The number of ether oxygens (including phenoxy) is 1. The average Bonchev–Trinajstić information content (AvgIpc) is 2.47. The van der Waals surface area contributed by atoms with Gasteiger partial charge in [-0.3, -0.25) is 0 Å². The summed E-state index contributed by atoms with van der Waals surface area (Å²) in [6.07, 6.45) is 1.83. The molecule has 0 fully saturated rings. The first-order valence-electron chi connectivity index (χ1n) is 4.02. The van der Waals surface area contributed by atoms with Crippen molar-refractivity contribution in [3.63, 3.8) is 0 Å². The number of nitrogens with zero attached hydrogens (tertiary/aromatic N) is 1. The highest BCUT2D eigenvalue weighted by atomic mass is 32.1. The van der Waals surface area contributed by atoms with Gasteiger partial charge in [0.1, 0.15) is 11.1 Å². The summed E-state index contributed by atoms with van der Waals surface area (Å²) in [5, 5.41) is 0.983. The van der Waals surface area contributed by atoms with Crippen molar-refractivity contribution in [3.8, 4) is 0 Å². The molecule has 1 aromatic rings. The smallest absolute Gasteiger partial charge is 0.123 e. The summed E-state index contributed by atoms with van der Waals surface area (Å²) in [6.45, 7) is 5.17. The van der Waals surface area contributed by atoms with Crippen LogP contribution < -0.4 is 5.73 Å². The molecule has 68 valence electrons. The highest BCUT2D eigenvalue weighted by Gasteiger charge is 2.12. The molecule has 0 radical (unpaired) electrons. The van der Waals surface area contributed by atoms with Crippen LogP contribution >= 0.6 is 11.3 Å². The number of aryl methyl sites for hydroxylation is 1. The molecule has 1 unspecified atom stereocenters. The van der Waals surface area contributed by atoms with Crippen molar-refractivity contribution in [1.29, 1.82) is 0 Å². The molecule has 0 amide bonds. The first kappa shape index (κ1) is 9.64. The van der Waals surface area contributed by atoms with E-state index >= 15 is 0 Å². The van der Waals surface area contributed by atoms with E-state index in [-0.39, 0.29) is 6.10 Å². The van der Waals surface area contributed by atoms with E-state index in [4.69, 9.17) is 10.5 Å². The molecule has 0 saturated carbocycles. The zero-order valence-electron chi connectivity index (χ0n) is 7.41. The fourth-order valence-corrected chi connectivity index (χ4v) is 1.80. The second-order valence-electron chi connectivity index (χ2n) is 2.49. The Kier molecular flexibility index (Phi) is 3.65. The molecule has 1 aromatic heterocycles. The van der Waals surface area contributed by atoms with E-state index in [1.807, 2.05) is 20.0 Å². The van der Waals surface area contributed by atoms with E-state index < -0.39 is 0 Å². The van der Waals surface area contributed by atoms with Crippen LogP contribution in [0.5, 0.6) is 0 Å². The van der Waals surface area contributed by atoms with Crippen LogP contribution in [0.1, 0.15) is 22.9 Å². The Labute approximate surface area is 76.6 Å². The van der Waals surface area contributed by atoms with Gasteiger partial charge < -0.3 is 10.5 Å². The highest BCUT2D eigenvalue weighted by Crippen LogP contribution is 2.21. The van der Waals surface area contributed by atoms with Crippen LogP contribution in [0.4, 0.5) is 0 Å². The van der Waals surface area contributed by atoms with Crippen molar-refractivity contribution in [2.45, 2.75) is 20.0 Å². The molecule has 0 aliphatic heterocycles. The van der Waals surface area contributed by atoms with Gasteiger partial charge in [-0.1, -0.05) is 0 Å². The van der Waals surface area contributed by atoms with E-state index in [2.05, 4.69) is 4.98 Å². The standard InChI is InChI=1S/C8H14N2OS/c1-3-11-7(4-9)8-10-5-6(2)12-8/h5,7H,3-4,9H2,1-2H3. The van der Waals surface area contributed by atoms with Crippen LogP contribution in [-0.2, 0) is 4.74 Å². The normalized spacial score (nSPS) is 13.2. The number of hydrogen-bond acceptors (Lipinski definition) is 4. The van der Waals surface area contributed by atoms with Gasteiger partial charge in [-0.15, -0.1) is 11.3 Å².